The van der Waals surface area contributed by atoms with Crippen LogP contribution >= 0.6 is 15.9 Å². The molecule has 0 saturated carbocycles. The van der Waals surface area contributed by atoms with Crippen molar-refractivity contribution in [1.82, 2.24) is 0 Å². The van der Waals surface area contributed by atoms with Gasteiger partial charge in [-0.15, -0.1) is 0 Å². The Morgan fingerprint density at radius 1 is 1.38 bits per heavy atom. The first kappa shape index (κ1) is 12.6. The van der Waals surface area contributed by atoms with Crippen molar-refractivity contribution in [1.29, 1.82) is 0 Å². The fourth-order valence-electron chi connectivity index (χ4n) is 1.29. The first-order valence-electron chi connectivity index (χ1n) is 4.32. The van der Waals surface area contributed by atoms with E-state index in [-0.39, 0.29) is 10.0 Å². The summed E-state index contributed by atoms with van der Waals surface area (Å²) in [5, 5.41) is 17.4. The Bertz CT molecular complexity index is 433. The third-order valence-electron chi connectivity index (χ3n) is 2.03. The smallest absolute Gasteiger partial charge is 0.311 e. The molecule has 4 nitrogen and oxygen atoms in total. The summed E-state index contributed by atoms with van der Waals surface area (Å²) in [7, 11) is 0. The second-order valence-electron chi connectivity index (χ2n) is 3.13. The maximum absolute atomic E-state index is 13.6. The molecular weight excluding hydrogens is 283 g/mol. The lowest BCUT2D eigenvalue weighted by Gasteiger charge is -2.11. The van der Waals surface area contributed by atoms with Crippen molar-refractivity contribution in [3.63, 3.8) is 0 Å². The highest BCUT2D eigenvalue weighted by Crippen LogP contribution is 2.27. The van der Waals surface area contributed by atoms with Crippen LogP contribution in [-0.4, -0.2) is 22.2 Å². The van der Waals surface area contributed by atoms with E-state index in [0.29, 0.717) is 0 Å². The van der Waals surface area contributed by atoms with Gasteiger partial charge in [0.15, 0.2) is 0 Å². The number of carboxylic acids is 2. The second kappa shape index (κ2) is 5.07. The van der Waals surface area contributed by atoms with Crippen molar-refractivity contribution < 1.29 is 24.2 Å². The molecule has 0 saturated heterocycles. The molecule has 0 radical (unpaired) electrons. The summed E-state index contributed by atoms with van der Waals surface area (Å²) in [5.74, 6) is -4.77. The number of hydrogen-bond donors (Lipinski definition) is 2. The van der Waals surface area contributed by atoms with Crippen LogP contribution < -0.4 is 0 Å². The van der Waals surface area contributed by atoms with Crippen LogP contribution in [0.4, 0.5) is 4.39 Å². The Morgan fingerprint density at radius 3 is 2.50 bits per heavy atom. The number of carbonyl (C=O) groups is 2. The molecule has 86 valence electrons. The monoisotopic (exact) mass is 290 g/mol. The molecule has 1 aromatic carbocycles. The van der Waals surface area contributed by atoms with Crippen LogP contribution in [0.5, 0.6) is 0 Å². The zero-order chi connectivity index (χ0) is 12.3. The minimum Gasteiger partial charge on any atom is -0.481 e. The Balaban J connectivity index is 3.16. The molecular formula is C10H8BrFO4. The third-order valence-corrected chi connectivity index (χ3v) is 2.65. The highest BCUT2D eigenvalue weighted by atomic mass is 79.9. The van der Waals surface area contributed by atoms with Gasteiger partial charge in [0.25, 0.3) is 0 Å². The van der Waals surface area contributed by atoms with E-state index in [1.54, 1.807) is 0 Å². The van der Waals surface area contributed by atoms with Gasteiger partial charge in [-0.1, -0.05) is 12.1 Å². The van der Waals surface area contributed by atoms with Crippen LogP contribution in [-0.2, 0) is 9.59 Å². The lowest BCUT2D eigenvalue weighted by Crippen LogP contribution is -2.17. The minimum absolute atomic E-state index is 0.113. The third kappa shape index (κ3) is 2.79. The van der Waals surface area contributed by atoms with Gasteiger partial charge in [-0.2, -0.15) is 0 Å². The number of hydrogen-bond acceptors (Lipinski definition) is 2. The van der Waals surface area contributed by atoms with Gasteiger partial charge in [0.2, 0.25) is 0 Å². The Labute approximate surface area is 98.8 Å². The van der Waals surface area contributed by atoms with Crippen LogP contribution in [0.25, 0.3) is 0 Å². The maximum atomic E-state index is 13.6. The van der Waals surface area contributed by atoms with Crippen LogP contribution in [0.1, 0.15) is 17.9 Å². The lowest BCUT2D eigenvalue weighted by atomic mass is 9.95. The quantitative estimate of drug-likeness (QED) is 0.892. The molecule has 6 heteroatoms. The van der Waals surface area contributed by atoms with Gasteiger partial charge in [0.1, 0.15) is 5.82 Å². The van der Waals surface area contributed by atoms with Crippen LogP contribution in [0.15, 0.2) is 22.7 Å². The summed E-state index contributed by atoms with van der Waals surface area (Å²) in [5.41, 5.74) is -0.135. The Morgan fingerprint density at radius 2 is 2.00 bits per heavy atom. The highest BCUT2D eigenvalue weighted by molar-refractivity contribution is 9.10. The van der Waals surface area contributed by atoms with Crippen molar-refractivity contribution in [2.75, 3.05) is 0 Å². The summed E-state index contributed by atoms with van der Waals surface area (Å²) in [6, 6.07) is 4.14. The van der Waals surface area contributed by atoms with Crippen molar-refractivity contribution in [2.45, 2.75) is 12.3 Å². The van der Waals surface area contributed by atoms with E-state index in [0.717, 1.165) is 0 Å². The summed E-state index contributed by atoms with van der Waals surface area (Å²) in [4.78, 5) is 21.3. The molecule has 0 aliphatic carbocycles. The minimum atomic E-state index is -1.38. The number of benzene rings is 1. The first-order chi connectivity index (χ1) is 7.43. The van der Waals surface area contributed by atoms with Gasteiger partial charge in [-0.25, -0.2) is 4.39 Å². The van der Waals surface area contributed by atoms with Crippen molar-refractivity contribution in [3.05, 3.63) is 34.1 Å². The molecule has 16 heavy (non-hydrogen) atoms. The fraction of sp³-hybridized carbons (Fsp3) is 0.200. The average molecular weight is 291 g/mol. The molecule has 0 aliphatic heterocycles. The van der Waals surface area contributed by atoms with Crippen molar-refractivity contribution in [3.8, 4) is 0 Å². The molecule has 1 unspecified atom stereocenters. The fourth-order valence-corrected chi connectivity index (χ4v) is 1.68. The van der Waals surface area contributed by atoms with E-state index in [1.807, 2.05) is 0 Å². The summed E-state index contributed by atoms with van der Waals surface area (Å²) in [6.07, 6.45) is -0.650. The highest BCUT2D eigenvalue weighted by Gasteiger charge is 2.26. The van der Waals surface area contributed by atoms with Gasteiger partial charge in [0, 0.05) is 5.56 Å². The predicted molar refractivity (Wildman–Crippen MR) is 56.7 cm³/mol. The molecule has 0 aromatic heterocycles. The normalized spacial score (nSPS) is 12.1. The van der Waals surface area contributed by atoms with Crippen LogP contribution in [0, 0.1) is 5.82 Å². The second-order valence-corrected chi connectivity index (χ2v) is 3.99. The molecule has 0 fully saturated rings. The summed E-state index contributed by atoms with van der Waals surface area (Å²) >= 11 is 2.91. The molecule has 0 spiro atoms. The molecule has 0 bridgehead atoms. The van der Waals surface area contributed by atoms with E-state index in [1.165, 1.54) is 18.2 Å². The summed E-state index contributed by atoms with van der Waals surface area (Å²) < 4.78 is 13.7. The molecule has 1 rings (SSSR count). The van der Waals surface area contributed by atoms with Gasteiger partial charge >= 0.3 is 11.9 Å². The Kier molecular flexibility index (Phi) is 4.00. The van der Waals surface area contributed by atoms with Gasteiger partial charge in [-0.05, 0) is 22.0 Å². The van der Waals surface area contributed by atoms with Crippen molar-refractivity contribution in [2.24, 2.45) is 0 Å². The van der Waals surface area contributed by atoms with Crippen LogP contribution in [0.2, 0.25) is 0 Å². The summed E-state index contributed by atoms with van der Waals surface area (Å²) in [6.45, 7) is 0. The van der Waals surface area contributed by atoms with Gasteiger partial charge in [0.05, 0.1) is 16.8 Å². The zero-order valence-electron chi connectivity index (χ0n) is 7.98. The zero-order valence-corrected chi connectivity index (χ0v) is 9.57. The van der Waals surface area contributed by atoms with Crippen molar-refractivity contribution >= 4 is 27.9 Å². The van der Waals surface area contributed by atoms with Gasteiger partial charge < -0.3 is 10.2 Å². The molecule has 1 aromatic rings. The molecule has 0 amide bonds. The number of halogens is 2. The number of carboxylic acid groups (broad SMARTS) is 2. The Hall–Kier alpha value is -1.43. The number of aliphatic carboxylic acids is 2. The average Bonchev–Trinajstić information content (AvgIpc) is 2.18. The van der Waals surface area contributed by atoms with Crippen LogP contribution in [0.3, 0.4) is 0 Å². The van der Waals surface area contributed by atoms with E-state index >= 15 is 0 Å². The molecule has 1 atom stereocenters. The van der Waals surface area contributed by atoms with E-state index in [9.17, 15) is 14.0 Å². The lowest BCUT2D eigenvalue weighted by molar-refractivity contribution is -0.145. The largest absolute Gasteiger partial charge is 0.481 e. The standard InChI is InChI=1S/C10H8BrFO4/c11-7-3-1-2-5(9(7)12)6(10(15)16)4-8(13)14/h1-3,6H,4H2,(H,13,14)(H,15,16). The maximum Gasteiger partial charge on any atom is 0.311 e. The van der Waals surface area contributed by atoms with E-state index in [2.05, 4.69) is 15.9 Å². The molecule has 0 aliphatic rings. The molecule has 0 heterocycles. The first-order valence-corrected chi connectivity index (χ1v) is 5.11. The molecule has 2 N–H and O–H groups in total. The van der Waals surface area contributed by atoms with Gasteiger partial charge in [-0.3, -0.25) is 9.59 Å². The van der Waals surface area contributed by atoms with E-state index in [4.69, 9.17) is 10.2 Å². The van der Waals surface area contributed by atoms with E-state index < -0.39 is 30.1 Å². The predicted octanol–water partition coefficient (Wildman–Crippen LogP) is 2.23. The SMILES string of the molecule is O=C(O)CC(C(=O)O)c1cccc(Br)c1F. The number of rotatable bonds is 4. The topological polar surface area (TPSA) is 74.6 Å².